The molecule has 0 atom stereocenters. The Kier molecular flexibility index (Phi) is 3.82. The molecule has 0 aliphatic heterocycles. The van der Waals surface area contributed by atoms with Gasteiger partial charge in [0.25, 0.3) is 0 Å². The van der Waals surface area contributed by atoms with Crippen LogP contribution < -0.4 is 16.6 Å². The van der Waals surface area contributed by atoms with E-state index in [-0.39, 0.29) is 10.7 Å². The molecular formula is C12H13ClFN5. The molecule has 100 valence electrons. The third-order valence-electron chi connectivity index (χ3n) is 2.60. The number of rotatable bonds is 3. The van der Waals surface area contributed by atoms with Crippen molar-refractivity contribution in [2.45, 2.75) is 13.8 Å². The molecular weight excluding hydrogens is 269 g/mol. The number of nitrogens with one attached hydrogen (secondary N) is 2. The zero-order valence-electron chi connectivity index (χ0n) is 10.5. The highest BCUT2D eigenvalue weighted by Gasteiger charge is 2.12. The van der Waals surface area contributed by atoms with Gasteiger partial charge in [-0.25, -0.2) is 20.2 Å². The largest absolute Gasteiger partial charge is 0.337 e. The number of hydrogen-bond donors (Lipinski definition) is 3. The zero-order valence-corrected chi connectivity index (χ0v) is 11.2. The van der Waals surface area contributed by atoms with Crippen LogP contribution in [0.25, 0.3) is 0 Å². The summed E-state index contributed by atoms with van der Waals surface area (Å²) < 4.78 is 13.8. The van der Waals surface area contributed by atoms with Crippen molar-refractivity contribution in [2.24, 2.45) is 5.84 Å². The summed E-state index contributed by atoms with van der Waals surface area (Å²) in [5.74, 6) is 6.32. The summed E-state index contributed by atoms with van der Waals surface area (Å²) >= 11 is 5.73. The van der Waals surface area contributed by atoms with Crippen molar-refractivity contribution < 1.29 is 4.39 Å². The molecule has 0 spiro atoms. The minimum Gasteiger partial charge on any atom is -0.337 e. The average Bonchev–Trinajstić information content (AvgIpc) is 2.38. The van der Waals surface area contributed by atoms with Gasteiger partial charge in [-0.05, 0) is 26.0 Å². The van der Waals surface area contributed by atoms with E-state index in [9.17, 15) is 4.39 Å². The molecule has 0 radical (unpaired) electrons. The van der Waals surface area contributed by atoms with Crippen molar-refractivity contribution in [3.63, 3.8) is 0 Å². The van der Waals surface area contributed by atoms with Gasteiger partial charge in [-0.2, -0.15) is 0 Å². The molecule has 0 amide bonds. The van der Waals surface area contributed by atoms with Gasteiger partial charge in [-0.1, -0.05) is 17.7 Å². The molecule has 0 bridgehead atoms. The third kappa shape index (κ3) is 2.74. The van der Waals surface area contributed by atoms with E-state index in [2.05, 4.69) is 20.7 Å². The topological polar surface area (TPSA) is 75.9 Å². The van der Waals surface area contributed by atoms with E-state index >= 15 is 0 Å². The Hall–Kier alpha value is -1.92. The standard InChI is InChI=1S/C12H13ClFN5/c1-6-11(16-7(2)17-12(6)19-15)18-9-5-3-4-8(13)10(9)14/h3-5H,15H2,1-2H3,(H2,16,17,18,19). The first kappa shape index (κ1) is 13.5. The van der Waals surface area contributed by atoms with Crippen LogP contribution in [0.2, 0.25) is 5.02 Å². The number of anilines is 3. The van der Waals surface area contributed by atoms with Gasteiger partial charge in [0, 0.05) is 5.56 Å². The van der Waals surface area contributed by atoms with Crippen LogP contribution in [-0.4, -0.2) is 9.97 Å². The average molecular weight is 282 g/mol. The summed E-state index contributed by atoms with van der Waals surface area (Å²) in [6.45, 7) is 3.50. The quantitative estimate of drug-likeness (QED) is 0.596. The summed E-state index contributed by atoms with van der Waals surface area (Å²) in [7, 11) is 0. The maximum atomic E-state index is 13.8. The SMILES string of the molecule is Cc1nc(NN)c(C)c(Nc2cccc(Cl)c2F)n1. The highest BCUT2D eigenvalue weighted by molar-refractivity contribution is 6.31. The number of aryl methyl sites for hydroxylation is 1. The number of hydrazine groups is 1. The van der Waals surface area contributed by atoms with Gasteiger partial charge in [0.1, 0.15) is 17.5 Å². The van der Waals surface area contributed by atoms with Crippen molar-refractivity contribution in [1.29, 1.82) is 0 Å². The second kappa shape index (κ2) is 5.38. The van der Waals surface area contributed by atoms with E-state index in [4.69, 9.17) is 17.4 Å². The predicted molar refractivity (Wildman–Crippen MR) is 74.0 cm³/mol. The summed E-state index contributed by atoms with van der Waals surface area (Å²) in [6, 6.07) is 4.71. The second-order valence-corrected chi connectivity index (χ2v) is 4.37. The van der Waals surface area contributed by atoms with Crippen LogP contribution in [0, 0.1) is 19.7 Å². The predicted octanol–water partition coefficient (Wildman–Crippen LogP) is 2.92. The minimum atomic E-state index is -0.526. The summed E-state index contributed by atoms with van der Waals surface area (Å²) in [5.41, 5.74) is 3.41. The molecule has 2 rings (SSSR count). The molecule has 1 heterocycles. The van der Waals surface area contributed by atoms with E-state index < -0.39 is 5.82 Å². The van der Waals surface area contributed by atoms with Crippen LogP contribution in [0.5, 0.6) is 0 Å². The number of nitrogen functional groups attached to an aromatic ring is 1. The van der Waals surface area contributed by atoms with E-state index in [0.717, 1.165) is 0 Å². The van der Waals surface area contributed by atoms with Crippen LogP contribution in [0.3, 0.4) is 0 Å². The fourth-order valence-electron chi connectivity index (χ4n) is 1.62. The lowest BCUT2D eigenvalue weighted by molar-refractivity contribution is 0.632. The zero-order chi connectivity index (χ0) is 14.0. The summed E-state index contributed by atoms with van der Waals surface area (Å²) in [5, 5.41) is 2.94. The number of nitrogens with zero attached hydrogens (tertiary/aromatic N) is 2. The molecule has 0 aliphatic rings. The Bertz CT molecular complexity index is 617. The maximum absolute atomic E-state index is 13.8. The van der Waals surface area contributed by atoms with E-state index in [1.165, 1.54) is 6.07 Å². The molecule has 5 nitrogen and oxygen atoms in total. The molecule has 2 aromatic rings. The number of benzene rings is 1. The molecule has 0 saturated carbocycles. The highest BCUT2D eigenvalue weighted by atomic mass is 35.5. The molecule has 1 aromatic heterocycles. The van der Waals surface area contributed by atoms with E-state index in [1.807, 2.05) is 0 Å². The van der Waals surface area contributed by atoms with Crippen LogP contribution in [0.4, 0.5) is 21.7 Å². The summed E-state index contributed by atoms with van der Waals surface area (Å²) in [6.07, 6.45) is 0. The molecule has 0 unspecified atom stereocenters. The summed E-state index contributed by atoms with van der Waals surface area (Å²) in [4.78, 5) is 8.35. The monoisotopic (exact) mass is 281 g/mol. The fourth-order valence-corrected chi connectivity index (χ4v) is 1.79. The Morgan fingerprint density at radius 3 is 2.58 bits per heavy atom. The van der Waals surface area contributed by atoms with Crippen molar-refractivity contribution in [3.05, 3.63) is 40.4 Å². The van der Waals surface area contributed by atoms with Gasteiger partial charge in [0.05, 0.1) is 10.7 Å². The van der Waals surface area contributed by atoms with Gasteiger partial charge in [-0.15, -0.1) is 0 Å². The number of halogens is 2. The van der Waals surface area contributed by atoms with Gasteiger partial charge in [-0.3, -0.25) is 0 Å². The van der Waals surface area contributed by atoms with E-state index in [0.29, 0.717) is 23.0 Å². The number of aromatic nitrogens is 2. The molecule has 0 aliphatic carbocycles. The Morgan fingerprint density at radius 1 is 1.21 bits per heavy atom. The fraction of sp³-hybridized carbons (Fsp3) is 0.167. The lowest BCUT2D eigenvalue weighted by Gasteiger charge is -2.13. The first-order valence-electron chi connectivity index (χ1n) is 5.56. The molecule has 19 heavy (non-hydrogen) atoms. The first-order valence-corrected chi connectivity index (χ1v) is 5.93. The molecule has 4 N–H and O–H groups in total. The van der Waals surface area contributed by atoms with Crippen LogP contribution in [-0.2, 0) is 0 Å². The third-order valence-corrected chi connectivity index (χ3v) is 2.89. The van der Waals surface area contributed by atoms with Gasteiger partial charge < -0.3 is 10.7 Å². The van der Waals surface area contributed by atoms with Crippen LogP contribution >= 0.6 is 11.6 Å². The number of nitrogens with two attached hydrogens (primary N) is 1. The van der Waals surface area contributed by atoms with Crippen LogP contribution in [0.1, 0.15) is 11.4 Å². The molecule has 0 saturated heterocycles. The lowest BCUT2D eigenvalue weighted by Crippen LogP contribution is -2.13. The first-order chi connectivity index (χ1) is 9.02. The molecule has 7 heteroatoms. The van der Waals surface area contributed by atoms with Crippen molar-refractivity contribution in [1.82, 2.24) is 9.97 Å². The Balaban J connectivity index is 2.43. The molecule has 1 aromatic carbocycles. The van der Waals surface area contributed by atoms with Crippen LogP contribution in [0.15, 0.2) is 18.2 Å². The normalized spacial score (nSPS) is 10.4. The van der Waals surface area contributed by atoms with Gasteiger partial charge in [0.2, 0.25) is 0 Å². The Labute approximate surface area is 115 Å². The smallest absolute Gasteiger partial charge is 0.165 e. The van der Waals surface area contributed by atoms with Crippen molar-refractivity contribution in [2.75, 3.05) is 10.7 Å². The Morgan fingerprint density at radius 2 is 1.89 bits per heavy atom. The minimum absolute atomic E-state index is 0.0469. The lowest BCUT2D eigenvalue weighted by atomic mass is 10.2. The van der Waals surface area contributed by atoms with Gasteiger partial charge >= 0.3 is 0 Å². The maximum Gasteiger partial charge on any atom is 0.165 e. The van der Waals surface area contributed by atoms with Gasteiger partial charge in [0.15, 0.2) is 5.82 Å². The van der Waals surface area contributed by atoms with Crippen molar-refractivity contribution >= 4 is 28.9 Å². The second-order valence-electron chi connectivity index (χ2n) is 3.96. The highest BCUT2D eigenvalue weighted by Crippen LogP contribution is 2.27. The van der Waals surface area contributed by atoms with Crippen molar-refractivity contribution in [3.8, 4) is 0 Å². The van der Waals surface area contributed by atoms with E-state index in [1.54, 1.807) is 26.0 Å². The number of hydrogen-bond acceptors (Lipinski definition) is 5. The molecule has 0 fully saturated rings.